The molecule has 0 spiro atoms. The molecule has 1 heterocycles. The summed E-state index contributed by atoms with van der Waals surface area (Å²) < 4.78 is 0. The van der Waals surface area contributed by atoms with Crippen LogP contribution in [0, 0.1) is 11.8 Å². The molecule has 1 aliphatic heterocycles. The fraction of sp³-hybridized carbons (Fsp3) is 0.857. The summed E-state index contributed by atoms with van der Waals surface area (Å²) in [4.78, 5) is 22.7. The van der Waals surface area contributed by atoms with Crippen molar-refractivity contribution in [1.29, 1.82) is 0 Å². The quantitative estimate of drug-likeness (QED) is 0.647. The number of carboxylic acids is 1. The molecule has 2 aliphatic rings. The molecule has 0 aromatic heterocycles. The molecular formula is C14H24N2O3. The molecule has 0 aromatic rings. The predicted octanol–water partition coefficient (Wildman–Crippen LogP) is 1.14. The van der Waals surface area contributed by atoms with Crippen LogP contribution in [0.15, 0.2) is 0 Å². The smallest absolute Gasteiger partial charge is 0.305 e. The molecule has 0 aromatic carbocycles. The van der Waals surface area contributed by atoms with Crippen LogP contribution in [0.5, 0.6) is 0 Å². The monoisotopic (exact) mass is 268 g/mol. The van der Waals surface area contributed by atoms with Gasteiger partial charge >= 0.3 is 5.97 Å². The summed E-state index contributed by atoms with van der Waals surface area (Å²) >= 11 is 0. The Bertz CT molecular complexity index is 323. The van der Waals surface area contributed by atoms with Gasteiger partial charge in [0.15, 0.2) is 0 Å². The van der Waals surface area contributed by atoms with Gasteiger partial charge in [-0.1, -0.05) is 0 Å². The molecule has 5 nitrogen and oxygen atoms in total. The lowest BCUT2D eigenvalue weighted by atomic mass is 9.93. The van der Waals surface area contributed by atoms with Gasteiger partial charge < -0.3 is 15.7 Å². The molecule has 1 saturated heterocycles. The zero-order valence-electron chi connectivity index (χ0n) is 11.4. The van der Waals surface area contributed by atoms with Gasteiger partial charge in [-0.15, -0.1) is 0 Å². The SMILES string of the molecule is O=C(O)CC(NC(=O)CCC1CCNCC1)C1CC1. The number of hydrogen-bond acceptors (Lipinski definition) is 3. The zero-order valence-corrected chi connectivity index (χ0v) is 11.4. The van der Waals surface area contributed by atoms with Gasteiger partial charge in [0.05, 0.1) is 6.42 Å². The second-order valence-corrected chi connectivity index (χ2v) is 5.84. The number of carbonyl (C=O) groups excluding carboxylic acids is 1. The van der Waals surface area contributed by atoms with Gasteiger partial charge in [-0.3, -0.25) is 9.59 Å². The van der Waals surface area contributed by atoms with Gasteiger partial charge in [0.25, 0.3) is 0 Å². The van der Waals surface area contributed by atoms with Crippen molar-refractivity contribution in [3.05, 3.63) is 0 Å². The Kier molecular flexibility index (Phi) is 5.19. The Morgan fingerprint density at radius 3 is 2.47 bits per heavy atom. The largest absolute Gasteiger partial charge is 0.481 e. The Morgan fingerprint density at radius 2 is 1.89 bits per heavy atom. The van der Waals surface area contributed by atoms with Crippen LogP contribution < -0.4 is 10.6 Å². The van der Waals surface area contributed by atoms with Crippen molar-refractivity contribution < 1.29 is 14.7 Å². The number of hydrogen-bond donors (Lipinski definition) is 3. The van der Waals surface area contributed by atoms with E-state index in [1.807, 2.05) is 0 Å². The summed E-state index contributed by atoms with van der Waals surface area (Å²) in [5.41, 5.74) is 0. The number of aliphatic carboxylic acids is 1. The number of nitrogens with one attached hydrogen (secondary N) is 2. The molecule has 3 N–H and O–H groups in total. The van der Waals surface area contributed by atoms with Crippen molar-refractivity contribution in [3.63, 3.8) is 0 Å². The lowest BCUT2D eigenvalue weighted by Gasteiger charge is -2.23. The van der Waals surface area contributed by atoms with Gasteiger partial charge in [0.1, 0.15) is 0 Å². The fourth-order valence-electron chi connectivity index (χ4n) is 2.81. The maximum Gasteiger partial charge on any atom is 0.305 e. The van der Waals surface area contributed by atoms with E-state index in [4.69, 9.17) is 5.11 Å². The van der Waals surface area contributed by atoms with E-state index in [1.165, 1.54) is 0 Å². The standard InChI is InChI=1S/C14H24N2O3/c17-13(4-1-10-5-7-15-8-6-10)16-12(9-14(18)19)11-2-3-11/h10-12,15H,1-9H2,(H,16,17)(H,18,19). The topological polar surface area (TPSA) is 78.4 Å². The Hall–Kier alpha value is -1.10. The Labute approximate surface area is 114 Å². The first-order chi connectivity index (χ1) is 9.15. The van der Waals surface area contributed by atoms with Crippen LogP contribution in [0.1, 0.15) is 44.9 Å². The second kappa shape index (κ2) is 6.89. The molecule has 5 heteroatoms. The van der Waals surface area contributed by atoms with E-state index in [9.17, 15) is 9.59 Å². The first-order valence-corrected chi connectivity index (χ1v) is 7.37. The lowest BCUT2D eigenvalue weighted by Crippen LogP contribution is -2.38. The molecule has 1 aliphatic carbocycles. The fourth-order valence-corrected chi connectivity index (χ4v) is 2.81. The van der Waals surface area contributed by atoms with Crippen LogP contribution in [-0.4, -0.2) is 36.1 Å². The maximum atomic E-state index is 11.9. The first-order valence-electron chi connectivity index (χ1n) is 7.37. The third kappa shape index (κ3) is 5.19. The van der Waals surface area contributed by atoms with Crippen molar-refractivity contribution >= 4 is 11.9 Å². The second-order valence-electron chi connectivity index (χ2n) is 5.84. The molecule has 19 heavy (non-hydrogen) atoms. The number of piperidine rings is 1. The number of amides is 1. The molecule has 1 unspecified atom stereocenters. The average molecular weight is 268 g/mol. The van der Waals surface area contributed by atoms with E-state index in [2.05, 4.69) is 10.6 Å². The van der Waals surface area contributed by atoms with E-state index >= 15 is 0 Å². The van der Waals surface area contributed by atoms with E-state index in [0.717, 1.165) is 45.2 Å². The van der Waals surface area contributed by atoms with Crippen LogP contribution in [0.2, 0.25) is 0 Å². The van der Waals surface area contributed by atoms with Gasteiger partial charge in [0.2, 0.25) is 5.91 Å². The summed E-state index contributed by atoms with van der Waals surface area (Å²) in [5.74, 6) is 0.233. The zero-order chi connectivity index (χ0) is 13.7. The third-order valence-corrected chi connectivity index (χ3v) is 4.17. The highest BCUT2D eigenvalue weighted by molar-refractivity contribution is 5.77. The Morgan fingerprint density at radius 1 is 1.21 bits per heavy atom. The molecule has 0 radical (unpaired) electrons. The first kappa shape index (κ1) is 14.3. The molecular weight excluding hydrogens is 244 g/mol. The molecule has 1 amide bonds. The van der Waals surface area contributed by atoms with Gasteiger partial charge in [-0.05, 0) is 57.0 Å². The number of carbonyl (C=O) groups is 2. The highest BCUT2D eigenvalue weighted by Crippen LogP contribution is 2.34. The minimum absolute atomic E-state index is 0.0247. The minimum Gasteiger partial charge on any atom is -0.481 e. The molecule has 1 atom stereocenters. The van der Waals surface area contributed by atoms with Crippen LogP contribution >= 0.6 is 0 Å². The lowest BCUT2D eigenvalue weighted by molar-refractivity contribution is -0.137. The number of carboxylic acid groups (broad SMARTS) is 1. The van der Waals surface area contributed by atoms with Crippen molar-refractivity contribution in [2.24, 2.45) is 11.8 Å². The maximum absolute atomic E-state index is 11.9. The molecule has 2 fully saturated rings. The number of rotatable bonds is 7. The van der Waals surface area contributed by atoms with Crippen LogP contribution in [-0.2, 0) is 9.59 Å². The summed E-state index contributed by atoms with van der Waals surface area (Å²) in [6.07, 6.45) is 5.91. The summed E-state index contributed by atoms with van der Waals surface area (Å²) in [5, 5.41) is 15.1. The third-order valence-electron chi connectivity index (χ3n) is 4.17. The average Bonchev–Trinajstić information content (AvgIpc) is 3.20. The summed E-state index contributed by atoms with van der Waals surface area (Å²) in [6.45, 7) is 2.10. The van der Waals surface area contributed by atoms with Crippen molar-refractivity contribution in [2.75, 3.05) is 13.1 Å². The van der Waals surface area contributed by atoms with Crippen molar-refractivity contribution in [3.8, 4) is 0 Å². The van der Waals surface area contributed by atoms with E-state index in [-0.39, 0.29) is 18.4 Å². The van der Waals surface area contributed by atoms with E-state index < -0.39 is 5.97 Å². The van der Waals surface area contributed by atoms with Gasteiger partial charge in [-0.25, -0.2) is 0 Å². The highest BCUT2D eigenvalue weighted by Gasteiger charge is 2.33. The van der Waals surface area contributed by atoms with Crippen molar-refractivity contribution in [1.82, 2.24) is 10.6 Å². The van der Waals surface area contributed by atoms with Gasteiger partial charge in [-0.2, -0.15) is 0 Å². The van der Waals surface area contributed by atoms with Crippen LogP contribution in [0.25, 0.3) is 0 Å². The minimum atomic E-state index is -0.824. The van der Waals surface area contributed by atoms with Crippen LogP contribution in [0.3, 0.4) is 0 Å². The molecule has 0 bridgehead atoms. The summed E-state index contributed by atoms with van der Waals surface area (Å²) in [6, 6.07) is -0.155. The van der Waals surface area contributed by atoms with Crippen molar-refractivity contribution in [2.45, 2.75) is 51.0 Å². The van der Waals surface area contributed by atoms with Gasteiger partial charge in [0, 0.05) is 12.5 Å². The summed E-state index contributed by atoms with van der Waals surface area (Å²) in [7, 11) is 0. The van der Waals surface area contributed by atoms with Crippen LogP contribution in [0.4, 0.5) is 0 Å². The molecule has 108 valence electrons. The Balaban J connectivity index is 1.68. The molecule has 1 saturated carbocycles. The van der Waals surface area contributed by atoms with E-state index in [1.54, 1.807) is 0 Å². The predicted molar refractivity (Wildman–Crippen MR) is 71.7 cm³/mol. The van der Waals surface area contributed by atoms with E-state index in [0.29, 0.717) is 18.3 Å². The molecule has 2 rings (SSSR count). The normalized spacial score (nSPS) is 21.9. The highest BCUT2D eigenvalue weighted by atomic mass is 16.4.